The molecule has 0 radical (unpaired) electrons. The highest BCUT2D eigenvalue weighted by molar-refractivity contribution is 7.85. The molecule has 0 aliphatic carbocycles. The fraction of sp³-hybridized carbons (Fsp3) is 0.500. The summed E-state index contributed by atoms with van der Waals surface area (Å²) in [4.78, 5) is 13.8. The maximum absolute atomic E-state index is 12.0. The van der Waals surface area contributed by atoms with Crippen molar-refractivity contribution in [1.82, 2.24) is 4.90 Å². The van der Waals surface area contributed by atoms with Gasteiger partial charge in [0.15, 0.2) is 0 Å². The van der Waals surface area contributed by atoms with E-state index >= 15 is 0 Å². The summed E-state index contributed by atoms with van der Waals surface area (Å²) in [7, 11) is -3.45. The Balaban J connectivity index is 1.99. The van der Waals surface area contributed by atoms with Crippen LogP contribution in [-0.4, -0.2) is 38.6 Å². The fourth-order valence-electron chi connectivity index (χ4n) is 2.43. The van der Waals surface area contributed by atoms with Crippen molar-refractivity contribution in [3.63, 3.8) is 0 Å². The second-order valence-corrected chi connectivity index (χ2v) is 6.84. The molecule has 1 fully saturated rings. The fourth-order valence-corrected chi connectivity index (χ4v) is 2.87. The molecule has 1 aliphatic heterocycles. The first-order valence-corrected chi connectivity index (χ1v) is 8.37. The molecule has 1 saturated heterocycles. The highest BCUT2D eigenvalue weighted by Crippen LogP contribution is 2.28. The number of rotatable bonds is 5. The minimum Gasteiger partial charge on any atom is -0.336 e. The van der Waals surface area contributed by atoms with Crippen molar-refractivity contribution < 1.29 is 17.4 Å². The predicted molar refractivity (Wildman–Crippen MR) is 75.5 cm³/mol. The van der Waals surface area contributed by atoms with Gasteiger partial charge in [0.05, 0.1) is 18.9 Å². The summed E-state index contributed by atoms with van der Waals surface area (Å²) in [6.07, 6.45) is 1.36. The third kappa shape index (κ3) is 3.80. The van der Waals surface area contributed by atoms with Crippen molar-refractivity contribution in [1.29, 1.82) is 0 Å². The average molecular weight is 297 g/mol. The number of carbonyl (C=O) groups is 1. The molecule has 0 saturated carbocycles. The van der Waals surface area contributed by atoms with Gasteiger partial charge in [0, 0.05) is 18.9 Å². The van der Waals surface area contributed by atoms with Crippen LogP contribution in [0.25, 0.3) is 0 Å². The third-order valence-corrected chi connectivity index (χ3v) is 4.07. The Kier molecular flexibility index (Phi) is 4.45. The summed E-state index contributed by atoms with van der Waals surface area (Å²) < 4.78 is 26.8. The molecule has 6 heteroatoms. The molecule has 2 atom stereocenters. The standard InChI is InChI=1S/C14H19NO4S/c1-11(13-6-4-3-5-7-13)15-9-12(8-14(15)16)10-19-20(2,17)18/h3-7,11-12H,8-10H2,1-2H3. The molecule has 1 aromatic carbocycles. The topological polar surface area (TPSA) is 63.7 Å². The molecule has 2 unspecified atom stereocenters. The van der Waals surface area contributed by atoms with E-state index in [0.29, 0.717) is 13.0 Å². The maximum Gasteiger partial charge on any atom is 0.264 e. The van der Waals surface area contributed by atoms with Gasteiger partial charge in [0.2, 0.25) is 5.91 Å². The number of likely N-dealkylation sites (tertiary alicyclic amines) is 1. The van der Waals surface area contributed by atoms with Gasteiger partial charge in [-0.3, -0.25) is 8.98 Å². The van der Waals surface area contributed by atoms with Crippen molar-refractivity contribution in [3.05, 3.63) is 35.9 Å². The van der Waals surface area contributed by atoms with E-state index in [1.807, 2.05) is 37.3 Å². The second kappa shape index (κ2) is 5.93. The minimum atomic E-state index is -3.45. The first-order chi connectivity index (χ1) is 9.37. The van der Waals surface area contributed by atoms with Gasteiger partial charge in [0.1, 0.15) is 0 Å². The maximum atomic E-state index is 12.0. The van der Waals surface area contributed by atoms with Crippen LogP contribution in [0.4, 0.5) is 0 Å². The summed E-state index contributed by atoms with van der Waals surface area (Å²) in [5.41, 5.74) is 1.07. The Morgan fingerprint density at radius 1 is 1.35 bits per heavy atom. The molecule has 1 aromatic rings. The van der Waals surface area contributed by atoms with Gasteiger partial charge in [-0.2, -0.15) is 8.42 Å². The monoisotopic (exact) mass is 297 g/mol. The Labute approximate surface area is 119 Å². The van der Waals surface area contributed by atoms with Gasteiger partial charge in [-0.25, -0.2) is 0 Å². The molecule has 0 bridgehead atoms. The van der Waals surface area contributed by atoms with Gasteiger partial charge in [-0.15, -0.1) is 0 Å². The van der Waals surface area contributed by atoms with Crippen LogP contribution in [0.5, 0.6) is 0 Å². The van der Waals surface area contributed by atoms with E-state index in [9.17, 15) is 13.2 Å². The second-order valence-electron chi connectivity index (χ2n) is 5.19. The first kappa shape index (κ1) is 15.0. The molecule has 1 amide bonds. The van der Waals surface area contributed by atoms with Gasteiger partial charge in [-0.1, -0.05) is 30.3 Å². The summed E-state index contributed by atoms with van der Waals surface area (Å²) >= 11 is 0. The normalized spacial score (nSPS) is 21.2. The molecule has 20 heavy (non-hydrogen) atoms. The van der Waals surface area contributed by atoms with Crippen molar-refractivity contribution in [3.8, 4) is 0 Å². The van der Waals surface area contributed by atoms with Crippen LogP contribution in [0, 0.1) is 5.92 Å². The van der Waals surface area contributed by atoms with Gasteiger partial charge >= 0.3 is 0 Å². The average Bonchev–Trinajstić information content (AvgIpc) is 2.77. The van der Waals surface area contributed by atoms with Crippen molar-refractivity contribution in [2.24, 2.45) is 5.92 Å². The molecule has 1 aliphatic rings. The Morgan fingerprint density at radius 3 is 2.60 bits per heavy atom. The van der Waals surface area contributed by atoms with Crippen molar-refractivity contribution in [2.75, 3.05) is 19.4 Å². The van der Waals surface area contributed by atoms with E-state index in [-0.39, 0.29) is 24.5 Å². The lowest BCUT2D eigenvalue weighted by molar-refractivity contribution is -0.129. The van der Waals surface area contributed by atoms with Gasteiger partial charge in [0.25, 0.3) is 10.1 Å². The molecule has 110 valence electrons. The molecule has 0 N–H and O–H groups in total. The van der Waals surface area contributed by atoms with Crippen LogP contribution in [0.15, 0.2) is 30.3 Å². The zero-order chi connectivity index (χ0) is 14.8. The highest BCUT2D eigenvalue weighted by atomic mass is 32.2. The lowest BCUT2D eigenvalue weighted by atomic mass is 10.1. The Hall–Kier alpha value is -1.40. The molecular formula is C14H19NO4S. The molecule has 0 aromatic heterocycles. The minimum absolute atomic E-state index is 0.00747. The van der Waals surface area contributed by atoms with E-state index in [1.54, 1.807) is 4.90 Å². The van der Waals surface area contributed by atoms with E-state index in [1.165, 1.54) is 0 Å². The first-order valence-electron chi connectivity index (χ1n) is 6.55. The van der Waals surface area contributed by atoms with Crippen LogP contribution in [-0.2, 0) is 19.1 Å². The van der Waals surface area contributed by atoms with Gasteiger partial charge < -0.3 is 4.90 Å². The highest BCUT2D eigenvalue weighted by Gasteiger charge is 2.33. The predicted octanol–water partition coefficient (Wildman–Crippen LogP) is 1.57. The van der Waals surface area contributed by atoms with Crippen LogP contribution < -0.4 is 0 Å². The molecule has 0 spiro atoms. The Morgan fingerprint density at radius 2 is 2.00 bits per heavy atom. The molecule has 1 heterocycles. The zero-order valence-corrected chi connectivity index (χ0v) is 12.5. The summed E-state index contributed by atoms with van der Waals surface area (Å²) in [5, 5.41) is 0. The van der Waals surface area contributed by atoms with Crippen LogP contribution in [0.3, 0.4) is 0 Å². The number of nitrogens with zero attached hydrogens (tertiary/aromatic N) is 1. The number of hydrogen-bond acceptors (Lipinski definition) is 4. The van der Waals surface area contributed by atoms with E-state index in [4.69, 9.17) is 4.18 Å². The quantitative estimate of drug-likeness (QED) is 0.774. The van der Waals surface area contributed by atoms with Gasteiger partial charge in [-0.05, 0) is 12.5 Å². The van der Waals surface area contributed by atoms with E-state index in [0.717, 1.165) is 11.8 Å². The molecular weight excluding hydrogens is 278 g/mol. The van der Waals surface area contributed by atoms with Crippen LogP contribution in [0.2, 0.25) is 0 Å². The lowest BCUT2D eigenvalue weighted by Gasteiger charge is -2.25. The van der Waals surface area contributed by atoms with Crippen molar-refractivity contribution in [2.45, 2.75) is 19.4 Å². The summed E-state index contributed by atoms with van der Waals surface area (Å²) in [6, 6.07) is 9.78. The largest absolute Gasteiger partial charge is 0.336 e. The number of benzene rings is 1. The molecule has 5 nitrogen and oxygen atoms in total. The zero-order valence-electron chi connectivity index (χ0n) is 11.7. The number of carbonyl (C=O) groups excluding carboxylic acids is 1. The van der Waals surface area contributed by atoms with E-state index in [2.05, 4.69) is 0 Å². The third-order valence-electron chi connectivity index (χ3n) is 3.51. The number of hydrogen-bond donors (Lipinski definition) is 0. The van der Waals surface area contributed by atoms with Crippen LogP contribution in [0.1, 0.15) is 24.9 Å². The lowest BCUT2D eigenvalue weighted by Crippen LogP contribution is -2.29. The number of amides is 1. The Bertz CT molecular complexity index is 570. The SMILES string of the molecule is CC(c1ccccc1)N1CC(COS(C)(=O)=O)CC1=O. The summed E-state index contributed by atoms with van der Waals surface area (Å²) in [6.45, 7) is 2.58. The van der Waals surface area contributed by atoms with Crippen LogP contribution >= 0.6 is 0 Å². The van der Waals surface area contributed by atoms with Crippen molar-refractivity contribution >= 4 is 16.0 Å². The van der Waals surface area contributed by atoms with E-state index < -0.39 is 10.1 Å². The smallest absolute Gasteiger partial charge is 0.264 e. The molecule has 2 rings (SSSR count). The summed E-state index contributed by atoms with van der Waals surface area (Å²) in [5.74, 6) is -0.0214.